The number of nitro groups is 1. The number of hydrazone groups is 1. The summed E-state index contributed by atoms with van der Waals surface area (Å²) in [7, 11) is 0. The largest absolute Gasteiger partial charge is 0.326 e. The van der Waals surface area contributed by atoms with E-state index >= 15 is 0 Å². The zero-order valence-corrected chi connectivity index (χ0v) is 15.5. The topological polar surface area (TPSA) is 114 Å². The van der Waals surface area contributed by atoms with Gasteiger partial charge in [0.2, 0.25) is 5.91 Å². The fourth-order valence-corrected chi connectivity index (χ4v) is 2.49. The molecule has 0 aromatic heterocycles. The summed E-state index contributed by atoms with van der Waals surface area (Å²) in [6.07, 6.45) is -0.0478. The highest BCUT2D eigenvalue weighted by molar-refractivity contribution is 6.33. The molecule has 2 amide bonds. The lowest BCUT2D eigenvalue weighted by Gasteiger charge is -2.06. The second kappa shape index (κ2) is 9.11. The van der Waals surface area contributed by atoms with E-state index in [0.29, 0.717) is 16.4 Å². The van der Waals surface area contributed by atoms with Crippen molar-refractivity contribution >= 4 is 52.1 Å². The van der Waals surface area contributed by atoms with Crippen LogP contribution in [0.25, 0.3) is 0 Å². The molecule has 8 nitrogen and oxygen atoms in total. The van der Waals surface area contributed by atoms with Crippen molar-refractivity contribution in [1.82, 2.24) is 5.43 Å². The van der Waals surface area contributed by atoms with Crippen LogP contribution in [0.2, 0.25) is 10.0 Å². The summed E-state index contributed by atoms with van der Waals surface area (Å²) in [5.41, 5.74) is 2.98. The summed E-state index contributed by atoms with van der Waals surface area (Å²) >= 11 is 11.6. The number of nitro benzene ring substituents is 1. The van der Waals surface area contributed by atoms with Gasteiger partial charge in [0, 0.05) is 28.1 Å². The van der Waals surface area contributed by atoms with Gasteiger partial charge >= 0.3 is 0 Å². The van der Waals surface area contributed by atoms with Gasteiger partial charge in [0.25, 0.3) is 11.6 Å². The van der Waals surface area contributed by atoms with Gasteiger partial charge in [0.1, 0.15) is 5.02 Å². The summed E-state index contributed by atoms with van der Waals surface area (Å²) in [6.45, 7) is 1.57. The number of hydrogen-bond donors (Lipinski definition) is 2. The Morgan fingerprint density at radius 2 is 1.93 bits per heavy atom. The van der Waals surface area contributed by atoms with Crippen molar-refractivity contribution in [2.45, 2.75) is 13.3 Å². The van der Waals surface area contributed by atoms with E-state index in [-0.39, 0.29) is 28.6 Å². The zero-order valence-electron chi connectivity index (χ0n) is 14.0. The third-order valence-corrected chi connectivity index (χ3v) is 3.82. The second-order valence-electron chi connectivity index (χ2n) is 5.45. The Bertz CT molecular complexity index is 931. The van der Waals surface area contributed by atoms with E-state index in [1.165, 1.54) is 12.1 Å². The quantitative estimate of drug-likeness (QED) is 0.426. The van der Waals surface area contributed by atoms with Crippen LogP contribution in [-0.2, 0) is 4.79 Å². The lowest BCUT2D eigenvalue weighted by molar-refractivity contribution is -0.384. The van der Waals surface area contributed by atoms with Gasteiger partial charge in [-0.25, -0.2) is 5.43 Å². The van der Waals surface area contributed by atoms with Crippen molar-refractivity contribution < 1.29 is 14.5 Å². The molecular formula is C17H14Cl2N4O4. The average Bonchev–Trinajstić information content (AvgIpc) is 2.59. The highest BCUT2D eigenvalue weighted by Crippen LogP contribution is 2.24. The first-order valence-electron chi connectivity index (χ1n) is 7.59. The molecule has 0 unspecified atom stereocenters. The van der Waals surface area contributed by atoms with Crippen LogP contribution >= 0.6 is 23.2 Å². The Hall–Kier alpha value is -2.97. The summed E-state index contributed by atoms with van der Waals surface area (Å²) in [5, 5.41) is 17.6. The lowest BCUT2D eigenvalue weighted by atomic mass is 10.2. The van der Waals surface area contributed by atoms with Gasteiger partial charge in [0.05, 0.1) is 11.3 Å². The van der Waals surface area contributed by atoms with Crippen molar-refractivity contribution in [1.29, 1.82) is 0 Å². The molecule has 0 atom stereocenters. The molecule has 2 rings (SSSR count). The molecule has 2 N–H and O–H groups in total. The Labute approximate surface area is 164 Å². The molecule has 0 saturated heterocycles. The van der Waals surface area contributed by atoms with Crippen molar-refractivity contribution in [3.63, 3.8) is 0 Å². The lowest BCUT2D eigenvalue weighted by Crippen LogP contribution is -2.21. The Morgan fingerprint density at radius 1 is 1.19 bits per heavy atom. The van der Waals surface area contributed by atoms with Crippen LogP contribution < -0.4 is 10.7 Å². The van der Waals surface area contributed by atoms with Gasteiger partial charge in [-0.05, 0) is 37.3 Å². The molecule has 140 valence electrons. The van der Waals surface area contributed by atoms with Gasteiger partial charge in [-0.3, -0.25) is 19.7 Å². The predicted octanol–water partition coefficient (Wildman–Crippen LogP) is 4.04. The number of amides is 2. The molecule has 10 heteroatoms. The second-order valence-corrected chi connectivity index (χ2v) is 6.29. The third kappa shape index (κ3) is 6.05. The van der Waals surface area contributed by atoms with Gasteiger partial charge in [0.15, 0.2) is 0 Å². The van der Waals surface area contributed by atoms with Gasteiger partial charge in [-0.15, -0.1) is 0 Å². The standard InChI is InChI=1S/C17H14Cl2N4O4/c1-10(7-16(24)20-13-4-2-3-12(18)9-13)21-22-17(25)11-5-6-15(23(26)27)14(19)8-11/h2-6,8-9H,7H2,1H3,(H,20,24)(H,22,25)/b21-10-. The number of carbonyl (C=O) groups is 2. The maximum Gasteiger partial charge on any atom is 0.287 e. The molecule has 27 heavy (non-hydrogen) atoms. The normalized spacial score (nSPS) is 11.0. The number of carbonyl (C=O) groups excluding carboxylic acids is 2. The number of anilines is 1. The number of hydrogen-bond acceptors (Lipinski definition) is 5. The van der Waals surface area contributed by atoms with E-state index in [0.717, 1.165) is 6.07 Å². The minimum absolute atomic E-state index is 0.0478. The van der Waals surface area contributed by atoms with Crippen LogP contribution in [0, 0.1) is 10.1 Å². The highest BCUT2D eigenvalue weighted by atomic mass is 35.5. The average molecular weight is 409 g/mol. The number of nitrogens with zero attached hydrogens (tertiary/aromatic N) is 2. The van der Waals surface area contributed by atoms with Crippen LogP contribution in [0.1, 0.15) is 23.7 Å². The summed E-state index contributed by atoms with van der Waals surface area (Å²) in [6, 6.07) is 10.2. The molecule has 0 fully saturated rings. The molecule has 0 aliphatic carbocycles. The highest BCUT2D eigenvalue weighted by Gasteiger charge is 2.15. The van der Waals surface area contributed by atoms with E-state index in [4.69, 9.17) is 23.2 Å². The summed E-state index contributed by atoms with van der Waals surface area (Å²) in [5.74, 6) is -0.937. The van der Waals surface area contributed by atoms with Crippen molar-refractivity contribution in [3.8, 4) is 0 Å². The first-order chi connectivity index (χ1) is 12.8. The fourth-order valence-electron chi connectivity index (χ4n) is 2.05. The molecule has 0 bridgehead atoms. The van der Waals surface area contributed by atoms with Gasteiger partial charge in [-0.2, -0.15) is 5.10 Å². The summed E-state index contributed by atoms with van der Waals surface area (Å²) < 4.78 is 0. The van der Waals surface area contributed by atoms with Crippen LogP contribution in [-0.4, -0.2) is 22.4 Å². The third-order valence-electron chi connectivity index (χ3n) is 3.28. The molecule has 2 aromatic rings. The maximum atomic E-state index is 12.0. The van der Waals surface area contributed by atoms with Crippen LogP contribution in [0.3, 0.4) is 0 Å². The molecule has 0 aliphatic rings. The molecule has 0 spiro atoms. The minimum atomic E-state index is -0.648. The number of rotatable bonds is 6. The molecule has 0 saturated carbocycles. The molecule has 2 aromatic carbocycles. The molecule has 0 radical (unpaired) electrons. The van der Waals surface area contributed by atoms with E-state index in [2.05, 4.69) is 15.8 Å². The first-order valence-corrected chi connectivity index (χ1v) is 8.34. The van der Waals surface area contributed by atoms with Gasteiger partial charge < -0.3 is 5.32 Å². The molecular weight excluding hydrogens is 395 g/mol. The Kier molecular flexibility index (Phi) is 6.86. The van der Waals surface area contributed by atoms with Gasteiger partial charge in [-0.1, -0.05) is 29.3 Å². The van der Waals surface area contributed by atoms with E-state index in [1.54, 1.807) is 31.2 Å². The van der Waals surface area contributed by atoms with Crippen LogP contribution in [0.15, 0.2) is 47.6 Å². The smallest absolute Gasteiger partial charge is 0.287 e. The number of nitrogens with one attached hydrogen (secondary N) is 2. The number of halogens is 2. The summed E-state index contributed by atoms with van der Waals surface area (Å²) in [4.78, 5) is 34.1. The van der Waals surface area contributed by atoms with Crippen LogP contribution in [0.5, 0.6) is 0 Å². The van der Waals surface area contributed by atoms with Crippen molar-refractivity contribution in [2.24, 2.45) is 5.10 Å². The zero-order chi connectivity index (χ0) is 20.0. The SMILES string of the molecule is C/C(CC(=O)Nc1cccc(Cl)c1)=N/NC(=O)c1ccc([N+](=O)[O-])c(Cl)c1. The monoisotopic (exact) mass is 408 g/mol. The molecule has 0 heterocycles. The minimum Gasteiger partial charge on any atom is -0.326 e. The Balaban J connectivity index is 1.94. The molecule has 0 aliphatic heterocycles. The maximum absolute atomic E-state index is 12.0. The first kappa shape index (κ1) is 20.3. The van der Waals surface area contributed by atoms with E-state index in [1.807, 2.05) is 0 Å². The predicted molar refractivity (Wildman–Crippen MR) is 103 cm³/mol. The van der Waals surface area contributed by atoms with Crippen LogP contribution in [0.4, 0.5) is 11.4 Å². The van der Waals surface area contributed by atoms with Crippen molar-refractivity contribution in [2.75, 3.05) is 5.32 Å². The number of benzene rings is 2. The van der Waals surface area contributed by atoms with Crippen molar-refractivity contribution in [3.05, 3.63) is 68.2 Å². The fraction of sp³-hybridized carbons (Fsp3) is 0.118. The van der Waals surface area contributed by atoms with E-state index < -0.39 is 10.8 Å². The Morgan fingerprint density at radius 3 is 2.56 bits per heavy atom. The van der Waals surface area contributed by atoms with E-state index in [9.17, 15) is 19.7 Å².